The number of hydrogen-bond donors (Lipinski definition) is 1. The van der Waals surface area contributed by atoms with E-state index in [0.717, 1.165) is 6.54 Å². The van der Waals surface area contributed by atoms with Crippen LogP contribution in [-0.2, 0) is 6.54 Å². The summed E-state index contributed by atoms with van der Waals surface area (Å²) in [6, 6.07) is 2.80. The summed E-state index contributed by atoms with van der Waals surface area (Å²) in [4.78, 5) is 1.63. The Morgan fingerprint density at radius 1 is 1.22 bits per heavy atom. The van der Waals surface area contributed by atoms with E-state index in [-0.39, 0.29) is 5.69 Å². The lowest BCUT2D eigenvalue weighted by Gasteiger charge is -2.23. The second-order valence-electron chi connectivity index (χ2n) is 4.96. The lowest BCUT2D eigenvalue weighted by molar-refractivity contribution is 0.556. The van der Waals surface area contributed by atoms with Gasteiger partial charge in [0.2, 0.25) is 0 Å². The minimum Gasteiger partial charge on any atom is -0.370 e. The molecule has 0 aliphatic rings. The molecule has 2 nitrogen and oxygen atoms in total. The Hall–Kier alpha value is -1.16. The largest absolute Gasteiger partial charge is 0.370 e. The lowest BCUT2D eigenvalue weighted by Crippen LogP contribution is -2.25. The first-order chi connectivity index (χ1) is 8.45. The van der Waals surface area contributed by atoms with Gasteiger partial charge in [-0.2, -0.15) is 0 Å². The predicted molar refractivity (Wildman–Crippen MR) is 71.8 cm³/mol. The maximum absolute atomic E-state index is 13.9. The van der Waals surface area contributed by atoms with Gasteiger partial charge in [0, 0.05) is 20.1 Å². The van der Waals surface area contributed by atoms with Gasteiger partial charge in [-0.25, -0.2) is 8.78 Å². The molecule has 102 valence electrons. The summed E-state index contributed by atoms with van der Waals surface area (Å²) in [5, 5.41) is 3.05. The summed E-state index contributed by atoms with van der Waals surface area (Å²) in [5.41, 5.74) is 0.692. The van der Waals surface area contributed by atoms with Gasteiger partial charge in [-0.05, 0) is 30.2 Å². The average molecular weight is 256 g/mol. The summed E-state index contributed by atoms with van der Waals surface area (Å²) < 4.78 is 27.9. The van der Waals surface area contributed by atoms with Crippen LogP contribution in [0, 0.1) is 17.6 Å². The van der Waals surface area contributed by atoms with Gasteiger partial charge in [-0.3, -0.25) is 0 Å². The van der Waals surface area contributed by atoms with Crippen molar-refractivity contribution >= 4 is 5.69 Å². The van der Waals surface area contributed by atoms with Crippen molar-refractivity contribution < 1.29 is 8.78 Å². The Morgan fingerprint density at radius 3 is 2.22 bits per heavy atom. The van der Waals surface area contributed by atoms with E-state index in [4.69, 9.17) is 0 Å². The van der Waals surface area contributed by atoms with Gasteiger partial charge in [0.1, 0.15) is 17.3 Å². The van der Waals surface area contributed by atoms with E-state index in [2.05, 4.69) is 5.32 Å². The van der Waals surface area contributed by atoms with Gasteiger partial charge in [0.05, 0.1) is 0 Å². The van der Waals surface area contributed by atoms with Crippen LogP contribution in [0.4, 0.5) is 14.5 Å². The predicted octanol–water partition coefficient (Wildman–Crippen LogP) is 3.17. The molecule has 1 aromatic carbocycles. The van der Waals surface area contributed by atoms with E-state index in [0.29, 0.717) is 24.6 Å². The molecule has 0 aliphatic heterocycles. The van der Waals surface area contributed by atoms with Crippen molar-refractivity contribution in [1.82, 2.24) is 5.32 Å². The van der Waals surface area contributed by atoms with Gasteiger partial charge >= 0.3 is 0 Å². The minimum absolute atomic E-state index is 0.0592. The molecule has 0 saturated carbocycles. The summed E-state index contributed by atoms with van der Waals surface area (Å²) in [6.07, 6.45) is 0. The average Bonchev–Trinajstić information content (AvgIpc) is 2.24. The molecular weight excluding hydrogens is 234 g/mol. The molecule has 0 amide bonds. The van der Waals surface area contributed by atoms with Crippen molar-refractivity contribution in [2.45, 2.75) is 27.3 Å². The molecule has 4 heteroatoms. The summed E-state index contributed by atoms with van der Waals surface area (Å²) in [7, 11) is 1.71. The molecule has 0 atom stereocenters. The van der Waals surface area contributed by atoms with Crippen LogP contribution in [0.3, 0.4) is 0 Å². The first-order valence-corrected chi connectivity index (χ1v) is 6.35. The topological polar surface area (TPSA) is 15.3 Å². The van der Waals surface area contributed by atoms with Crippen molar-refractivity contribution in [3.8, 4) is 0 Å². The van der Waals surface area contributed by atoms with Crippen LogP contribution in [0.25, 0.3) is 0 Å². The van der Waals surface area contributed by atoms with E-state index in [1.54, 1.807) is 11.9 Å². The number of anilines is 1. The Bertz CT molecular complexity index is 368. The van der Waals surface area contributed by atoms with E-state index in [1.165, 1.54) is 12.1 Å². The molecule has 1 N–H and O–H groups in total. The normalized spacial score (nSPS) is 11.1. The van der Waals surface area contributed by atoms with Gasteiger partial charge in [0.15, 0.2) is 0 Å². The van der Waals surface area contributed by atoms with Crippen molar-refractivity contribution in [3.63, 3.8) is 0 Å². The highest BCUT2D eigenvalue weighted by Crippen LogP contribution is 2.24. The van der Waals surface area contributed by atoms with Gasteiger partial charge in [0.25, 0.3) is 0 Å². The van der Waals surface area contributed by atoms with Crippen molar-refractivity contribution in [1.29, 1.82) is 0 Å². The van der Waals surface area contributed by atoms with E-state index in [9.17, 15) is 8.78 Å². The molecule has 0 spiro atoms. The van der Waals surface area contributed by atoms with Gasteiger partial charge < -0.3 is 10.2 Å². The molecule has 0 bridgehead atoms. The second-order valence-corrected chi connectivity index (χ2v) is 4.96. The fraction of sp³-hybridized carbons (Fsp3) is 0.571. The van der Waals surface area contributed by atoms with Crippen LogP contribution in [0.2, 0.25) is 0 Å². The fourth-order valence-corrected chi connectivity index (χ4v) is 1.99. The standard InChI is InChI=1S/C14H22F2N2/c1-5-17-8-11-6-12(15)14(13(16)7-11)18(4)9-10(2)3/h6-7,10,17H,5,8-9H2,1-4H3. The smallest absolute Gasteiger partial charge is 0.149 e. The fourth-order valence-electron chi connectivity index (χ4n) is 1.99. The van der Waals surface area contributed by atoms with Crippen molar-refractivity contribution in [3.05, 3.63) is 29.3 Å². The van der Waals surface area contributed by atoms with Crippen LogP contribution in [0.1, 0.15) is 26.3 Å². The molecule has 1 rings (SSSR count). The van der Waals surface area contributed by atoms with Crippen molar-refractivity contribution in [2.75, 3.05) is 25.0 Å². The zero-order valence-corrected chi connectivity index (χ0v) is 11.6. The molecule has 18 heavy (non-hydrogen) atoms. The minimum atomic E-state index is -0.494. The van der Waals surface area contributed by atoms with E-state index < -0.39 is 11.6 Å². The molecule has 0 unspecified atom stereocenters. The third-order valence-corrected chi connectivity index (χ3v) is 2.68. The molecule has 0 radical (unpaired) electrons. The Balaban J connectivity index is 2.93. The molecule has 0 aliphatic carbocycles. The summed E-state index contributed by atoms with van der Waals surface area (Å²) in [6.45, 7) is 7.88. The second kappa shape index (κ2) is 6.69. The Morgan fingerprint density at radius 2 is 1.78 bits per heavy atom. The highest BCUT2D eigenvalue weighted by molar-refractivity contribution is 5.50. The molecule has 0 saturated heterocycles. The SMILES string of the molecule is CCNCc1cc(F)c(N(C)CC(C)C)c(F)c1. The van der Waals surface area contributed by atoms with Gasteiger partial charge in [-0.1, -0.05) is 20.8 Å². The molecular formula is C14H22F2N2. The highest BCUT2D eigenvalue weighted by Gasteiger charge is 2.15. The van der Waals surface area contributed by atoms with Crippen LogP contribution in [0.15, 0.2) is 12.1 Å². The van der Waals surface area contributed by atoms with Crippen LogP contribution >= 0.6 is 0 Å². The quantitative estimate of drug-likeness (QED) is 0.841. The first-order valence-electron chi connectivity index (χ1n) is 6.35. The zero-order valence-electron chi connectivity index (χ0n) is 11.6. The monoisotopic (exact) mass is 256 g/mol. The number of benzene rings is 1. The van der Waals surface area contributed by atoms with E-state index >= 15 is 0 Å². The maximum atomic E-state index is 13.9. The number of nitrogens with one attached hydrogen (secondary N) is 1. The lowest BCUT2D eigenvalue weighted by atomic mass is 10.1. The first kappa shape index (κ1) is 14.9. The highest BCUT2D eigenvalue weighted by atomic mass is 19.1. The van der Waals surface area contributed by atoms with Gasteiger partial charge in [-0.15, -0.1) is 0 Å². The molecule has 0 heterocycles. The Kier molecular flexibility index (Phi) is 5.54. The third-order valence-electron chi connectivity index (χ3n) is 2.68. The number of hydrogen-bond acceptors (Lipinski definition) is 2. The van der Waals surface area contributed by atoms with Crippen LogP contribution in [-0.4, -0.2) is 20.1 Å². The number of halogens is 2. The molecule has 1 aromatic rings. The zero-order chi connectivity index (χ0) is 13.7. The van der Waals surface area contributed by atoms with Crippen molar-refractivity contribution in [2.24, 2.45) is 5.92 Å². The van der Waals surface area contributed by atoms with E-state index in [1.807, 2.05) is 20.8 Å². The maximum Gasteiger partial charge on any atom is 0.149 e. The number of nitrogens with zero attached hydrogens (tertiary/aromatic N) is 1. The summed E-state index contributed by atoms with van der Waals surface area (Å²) in [5.74, 6) is -0.632. The van der Waals surface area contributed by atoms with Crippen LogP contribution < -0.4 is 10.2 Å². The number of rotatable bonds is 6. The molecule has 0 fully saturated rings. The summed E-state index contributed by atoms with van der Waals surface area (Å²) >= 11 is 0. The Labute approximate surface area is 108 Å². The molecule has 0 aromatic heterocycles. The van der Waals surface area contributed by atoms with Crippen LogP contribution in [0.5, 0.6) is 0 Å². The third kappa shape index (κ3) is 3.95.